The van der Waals surface area contributed by atoms with Crippen LogP contribution in [0, 0.1) is 6.92 Å². The summed E-state index contributed by atoms with van der Waals surface area (Å²) in [6, 6.07) is 9.95. The number of anilines is 1. The minimum Gasteiger partial charge on any atom is -0.492 e. The quantitative estimate of drug-likeness (QED) is 0.897. The molecule has 2 N–H and O–H groups in total. The van der Waals surface area contributed by atoms with E-state index in [4.69, 9.17) is 4.74 Å². The van der Waals surface area contributed by atoms with Gasteiger partial charge in [-0.2, -0.15) is 0 Å². The number of aromatic nitrogens is 1. The van der Waals surface area contributed by atoms with Crippen LogP contribution in [0.3, 0.4) is 0 Å². The van der Waals surface area contributed by atoms with Crippen LogP contribution in [0.2, 0.25) is 0 Å². The molecule has 0 aliphatic carbocycles. The van der Waals surface area contributed by atoms with Crippen molar-refractivity contribution in [3.63, 3.8) is 0 Å². The second kappa shape index (κ2) is 6.06. The van der Waals surface area contributed by atoms with Crippen LogP contribution in [-0.2, 0) is 0 Å². The van der Waals surface area contributed by atoms with Crippen molar-refractivity contribution < 1.29 is 9.53 Å². The van der Waals surface area contributed by atoms with Crippen molar-refractivity contribution >= 4 is 11.6 Å². The number of benzene rings is 1. The van der Waals surface area contributed by atoms with Gasteiger partial charge in [-0.05, 0) is 37.6 Å². The van der Waals surface area contributed by atoms with Gasteiger partial charge in [0.25, 0.3) is 5.91 Å². The first kappa shape index (κ1) is 13.9. The molecule has 0 unspecified atom stereocenters. The van der Waals surface area contributed by atoms with Crippen LogP contribution in [0.4, 0.5) is 5.69 Å². The Kier molecular flexibility index (Phi) is 4.20. The fraction of sp³-hybridized carbons (Fsp3) is 0.200. The average Bonchev–Trinajstić information content (AvgIpc) is 2.42. The van der Waals surface area contributed by atoms with Gasteiger partial charge in [0, 0.05) is 6.07 Å². The summed E-state index contributed by atoms with van der Waals surface area (Å²) in [4.78, 5) is 25.8. The predicted octanol–water partition coefficient (Wildman–Crippen LogP) is 2.33. The van der Waals surface area contributed by atoms with Gasteiger partial charge in [-0.25, -0.2) is 0 Å². The average molecular weight is 272 g/mol. The van der Waals surface area contributed by atoms with Crippen LogP contribution >= 0.6 is 0 Å². The minimum atomic E-state index is -0.382. The number of hydrogen-bond donors (Lipinski definition) is 2. The summed E-state index contributed by atoms with van der Waals surface area (Å²) in [7, 11) is 0. The van der Waals surface area contributed by atoms with Crippen LogP contribution in [0.5, 0.6) is 5.75 Å². The highest BCUT2D eigenvalue weighted by Gasteiger charge is 2.10. The number of nitrogens with one attached hydrogen (secondary N) is 2. The zero-order valence-corrected chi connectivity index (χ0v) is 11.4. The third-order valence-corrected chi connectivity index (χ3v) is 2.70. The molecule has 0 saturated carbocycles. The van der Waals surface area contributed by atoms with Crippen LogP contribution in [0.25, 0.3) is 0 Å². The van der Waals surface area contributed by atoms with Gasteiger partial charge in [0.05, 0.1) is 12.3 Å². The number of carbonyl (C=O) groups is 1. The Morgan fingerprint density at radius 1 is 1.30 bits per heavy atom. The van der Waals surface area contributed by atoms with Gasteiger partial charge in [-0.1, -0.05) is 12.1 Å². The molecule has 2 aromatic rings. The maximum absolute atomic E-state index is 12.1. The monoisotopic (exact) mass is 272 g/mol. The number of aryl methyl sites for hydroxylation is 1. The maximum Gasteiger partial charge on any atom is 0.272 e. The summed E-state index contributed by atoms with van der Waals surface area (Å²) < 4.78 is 5.49. The molecule has 0 fully saturated rings. The molecule has 0 aliphatic heterocycles. The molecular formula is C15H16N2O3. The van der Waals surface area contributed by atoms with Gasteiger partial charge in [0.15, 0.2) is 0 Å². The van der Waals surface area contributed by atoms with Crippen LogP contribution < -0.4 is 15.6 Å². The molecule has 5 nitrogen and oxygen atoms in total. The molecule has 20 heavy (non-hydrogen) atoms. The Morgan fingerprint density at radius 3 is 2.80 bits per heavy atom. The van der Waals surface area contributed by atoms with E-state index in [1.165, 1.54) is 12.1 Å². The first-order chi connectivity index (χ1) is 9.60. The molecule has 1 aromatic carbocycles. The first-order valence-electron chi connectivity index (χ1n) is 6.34. The molecule has 0 spiro atoms. The molecule has 0 saturated heterocycles. The molecule has 5 heteroatoms. The van der Waals surface area contributed by atoms with Crippen molar-refractivity contribution in [2.24, 2.45) is 0 Å². The van der Waals surface area contributed by atoms with E-state index < -0.39 is 0 Å². The summed E-state index contributed by atoms with van der Waals surface area (Å²) in [6.07, 6.45) is 0. The lowest BCUT2D eigenvalue weighted by molar-refractivity contribution is 0.102. The lowest BCUT2D eigenvalue weighted by atomic mass is 10.2. The third-order valence-electron chi connectivity index (χ3n) is 2.70. The van der Waals surface area contributed by atoms with Crippen molar-refractivity contribution in [1.82, 2.24) is 4.98 Å². The number of pyridine rings is 1. The molecular weight excluding hydrogens is 256 g/mol. The van der Waals surface area contributed by atoms with E-state index >= 15 is 0 Å². The largest absolute Gasteiger partial charge is 0.492 e. The highest BCUT2D eigenvalue weighted by Crippen LogP contribution is 2.26. The summed E-state index contributed by atoms with van der Waals surface area (Å²) >= 11 is 0. The van der Waals surface area contributed by atoms with E-state index in [0.717, 1.165) is 5.56 Å². The highest BCUT2D eigenvalue weighted by molar-refractivity contribution is 6.03. The Bertz CT molecular complexity index is 677. The van der Waals surface area contributed by atoms with E-state index in [9.17, 15) is 9.59 Å². The lowest BCUT2D eigenvalue weighted by Gasteiger charge is -2.12. The van der Waals surface area contributed by atoms with E-state index in [-0.39, 0.29) is 17.2 Å². The number of aromatic amines is 1. The summed E-state index contributed by atoms with van der Waals surface area (Å²) in [5.41, 5.74) is 1.51. The zero-order valence-electron chi connectivity index (χ0n) is 11.4. The highest BCUT2D eigenvalue weighted by atomic mass is 16.5. The Morgan fingerprint density at radius 2 is 2.10 bits per heavy atom. The standard InChI is InChI=1S/C15H16N2O3/c1-3-20-13-9-10(2)7-8-11(13)17-15(19)12-5-4-6-14(18)16-12/h4-9H,3H2,1-2H3,(H,16,18)(H,17,19). The third kappa shape index (κ3) is 3.26. The fourth-order valence-corrected chi connectivity index (χ4v) is 1.78. The molecule has 0 aliphatic rings. The first-order valence-corrected chi connectivity index (χ1v) is 6.34. The minimum absolute atomic E-state index is 0.209. The molecule has 1 amide bonds. The van der Waals surface area contributed by atoms with Gasteiger partial charge < -0.3 is 15.0 Å². The van der Waals surface area contributed by atoms with Gasteiger partial charge in [-0.15, -0.1) is 0 Å². The van der Waals surface area contributed by atoms with Gasteiger partial charge >= 0.3 is 0 Å². The molecule has 1 aromatic heterocycles. The van der Waals surface area contributed by atoms with Crippen molar-refractivity contribution in [2.45, 2.75) is 13.8 Å². The SMILES string of the molecule is CCOc1cc(C)ccc1NC(=O)c1cccc(=O)[nH]1. The topological polar surface area (TPSA) is 71.2 Å². The summed E-state index contributed by atoms with van der Waals surface area (Å²) in [5, 5.41) is 2.73. The van der Waals surface area contributed by atoms with E-state index in [0.29, 0.717) is 18.0 Å². The van der Waals surface area contributed by atoms with Crippen molar-refractivity contribution in [3.8, 4) is 5.75 Å². The van der Waals surface area contributed by atoms with Crippen molar-refractivity contribution in [3.05, 3.63) is 58.0 Å². The molecule has 0 atom stereocenters. The van der Waals surface area contributed by atoms with E-state index in [1.807, 2.05) is 26.0 Å². The van der Waals surface area contributed by atoms with Crippen LogP contribution in [-0.4, -0.2) is 17.5 Å². The number of ether oxygens (including phenoxy) is 1. The van der Waals surface area contributed by atoms with E-state index in [1.54, 1.807) is 12.1 Å². The van der Waals surface area contributed by atoms with Crippen LogP contribution in [0.1, 0.15) is 23.0 Å². The maximum atomic E-state index is 12.1. The summed E-state index contributed by atoms with van der Waals surface area (Å²) in [5.74, 6) is 0.228. The molecule has 0 bridgehead atoms. The van der Waals surface area contributed by atoms with Crippen molar-refractivity contribution in [1.29, 1.82) is 0 Å². The lowest BCUT2D eigenvalue weighted by Crippen LogP contribution is -2.18. The Hall–Kier alpha value is -2.56. The van der Waals surface area contributed by atoms with E-state index in [2.05, 4.69) is 10.3 Å². The zero-order chi connectivity index (χ0) is 14.5. The number of amides is 1. The Balaban J connectivity index is 2.25. The molecule has 1 heterocycles. The molecule has 0 radical (unpaired) electrons. The van der Waals surface area contributed by atoms with Gasteiger partial charge in [0.1, 0.15) is 11.4 Å². The van der Waals surface area contributed by atoms with Crippen molar-refractivity contribution in [2.75, 3.05) is 11.9 Å². The molecule has 104 valence electrons. The van der Waals surface area contributed by atoms with Gasteiger partial charge in [-0.3, -0.25) is 9.59 Å². The second-order valence-corrected chi connectivity index (χ2v) is 4.32. The number of rotatable bonds is 4. The normalized spacial score (nSPS) is 10.1. The second-order valence-electron chi connectivity index (χ2n) is 4.32. The van der Waals surface area contributed by atoms with Gasteiger partial charge in [0.2, 0.25) is 5.56 Å². The predicted molar refractivity (Wildman–Crippen MR) is 77.4 cm³/mol. The smallest absolute Gasteiger partial charge is 0.272 e. The molecule has 2 rings (SSSR count). The number of H-pyrrole nitrogens is 1. The summed E-state index contributed by atoms with van der Waals surface area (Å²) in [6.45, 7) is 4.33. The number of carbonyl (C=O) groups excluding carboxylic acids is 1. The number of hydrogen-bond acceptors (Lipinski definition) is 3. The Labute approximate surface area is 116 Å². The van der Waals surface area contributed by atoms with Crippen LogP contribution in [0.15, 0.2) is 41.2 Å². The fourth-order valence-electron chi connectivity index (χ4n) is 1.78.